The van der Waals surface area contributed by atoms with Gasteiger partial charge in [-0.3, -0.25) is 4.57 Å². The van der Waals surface area contributed by atoms with Crippen LogP contribution in [-0.4, -0.2) is 28.4 Å². The molecular weight excluding hydrogens is 482 g/mol. The molecule has 8 heteroatoms. The molecular formula is C30H35N3O5. The van der Waals surface area contributed by atoms with Crippen molar-refractivity contribution >= 4 is 17.0 Å². The van der Waals surface area contributed by atoms with Crippen LogP contribution in [0.5, 0.6) is 11.8 Å². The Hall–Kier alpha value is -4.07. The maximum absolute atomic E-state index is 13.5. The van der Waals surface area contributed by atoms with Gasteiger partial charge in [0.05, 0.1) is 12.6 Å². The number of nitrogens with zero attached hydrogens (tertiary/aromatic N) is 3. The monoisotopic (exact) mass is 517 g/mol. The summed E-state index contributed by atoms with van der Waals surface area (Å²) in [5, 5.41) is 14.4. The van der Waals surface area contributed by atoms with Gasteiger partial charge >= 0.3 is 12.0 Å². The maximum atomic E-state index is 13.5. The molecule has 200 valence electrons. The number of rotatable bonds is 8. The van der Waals surface area contributed by atoms with Gasteiger partial charge in [-0.05, 0) is 43.9 Å². The SMILES string of the molecule is COc1c(Cc2cn(C(=O)OC(C)(C)C)c3ccccc23)nc(OCc2ccccc2)c(CC(C)C)[n+]1[O-]. The number of para-hydroxylation sites is 1. The van der Waals surface area contributed by atoms with Crippen molar-refractivity contribution in [2.45, 2.75) is 59.7 Å². The van der Waals surface area contributed by atoms with E-state index in [1.165, 1.54) is 11.7 Å². The quantitative estimate of drug-likeness (QED) is 0.216. The molecule has 8 nitrogen and oxygen atoms in total. The highest BCUT2D eigenvalue weighted by atomic mass is 16.6. The zero-order valence-electron chi connectivity index (χ0n) is 22.9. The van der Waals surface area contributed by atoms with Crippen LogP contribution in [0.2, 0.25) is 0 Å². The smallest absolute Gasteiger partial charge is 0.419 e. The number of carbonyl (C=O) groups excluding carboxylic acids is 1. The summed E-state index contributed by atoms with van der Waals surface area (Å²) in [4.78, 5) is 17.8. The van der Waals surface area contributed by atoms with E-state index in [2.05, 4.69) is 0 Å². The molecule has 0 fully saturated rings. The van der Waals surface area contributed by atoms with Gasteiger partial charge < -0.3 is 19.4 Å². The molecule has 0 unspecified atom stereocenters. The van der Waals surface area contributed by atoms with Gasteiger partial charge in [-0.1, -0.05) is 62.4 Å². The van der Waals surface area contributed by atoms with Crippen LogP contribution in [0.15, 0.2) is 60.8 Å². The topological polar surface area (TPSA) is 89.5 Å². The second-order valence-corrected chi connectivity index (χ2v) is 10.7. The Labute approximate surface area is 223 Å². The summed E-state index contributed by atoms with van der Waals surface area (Å²) in [6.07, 6.45) is 2.00. The highest BCUT2D eigenvalue weighted by Crippen LogP contribution is 2.29. The molecule has 0 saturated heterocycles. The van der Waals surface area contributed by atoms with Crippen LogP contribution in [-0.2, 0) is 24.2 Å². The van der Waals surface area contributed by atoms with Crippen LogP contribution >= 0.6 is 0 Å². The summed E-state index contributed by atoms with van der Waals surface area (Å²) in [6.45, 7) is 9.83. The number of benzene rings is 2. The van der Waals surface area contributed by atoms with E-state index < -0.39 is 11.7 Å². The number of hydrogen-bond donors (Lipinski definition) is 0. The molecule has 0 radical (unpaired) electrons. The first-order chi connectivity index (χ1) is 18.1. The largest absolute Gasteiger partial charge is 0.616 e. The van der Waals surface area contributed by atoms with E-state index in [0.29, 0.717) is 23.3 Å². The predicted octanol–water partition coefficient (Wildman–Crippen LogP) is 5.83. The van der Waals surface area contributed by atoms with Crippen molar-refractivity contribution in [3.05, 3.63) is 88.5 Å². The molecule has 4 aromatic rings. The van der Waals surface area contributed by atoms with Crippen molar-refractivity contribution < 1.29 is 23.7 Å². The molecule has 0 aliphatic rings. The van der Waals surface area contributed by atoms with Crippen molar-refractivity contribution in [1.29, 1.82) is 0 Å². The normalized spacial score (nSPS) is 11.7. The molecule has 0 aliphatic heterocycles. The molecule has 4 rings (SSSR count). The second-order valence-electron chi connectivity index (χ2n) is 10.7. The third-order valence-electron chi connectivity index (χ3n) is 5.92. The van der Waals surface area contributed by atoms with Gasteiger partial charge in [0.15, 0.2) is 5.69 Å². The fourth-order valence-corrected chi connectivity index (χ4v) is 4.31. The van der Waals surface area contributed by atoms with Gasteiger partial charge in [0, 0.05) is 24.4 Å². The van der Waals surface area contributed by atoms with Crippen LogP contribution in [0.25, 0.3) is 10.9 Å². The van der Waals surface area contributed by atoms with Gasteiger partial charge in [0.1, 0.15) is 12.2 Å². The Morgan fingerprint density at radius 2 is 1.76 bits per heavy atom. The lowest BCUT2D eigenvalue weighted by molar-refractivity contribution is -0.622. The van der Waals surface area contributed by atoms with E-state index in [-0.39, 0.29) is 30.7 Å². The first kappa shape index (κ1) is 27.0. The first-order valence-corrected chi connectivity index (χ1v) is 12.8. The van der Waals surface area contributed by atoms with E-state index in [1.807, 2.05) is 89.2 Å². The van der Waals surface area contributed by atoms with E-state index in [1.54, 1.807) is 6.20 Å². The van der Waals surface area contributed by atoms with Crippen molar-refractivity contribution in [3.8, 4) is 11.8 Å². The van der Waals surface area contributed by atoms with Crippen molar-refractivity contribution in [3.63, 3.8) is 0 Å². The fourth-order valence-electron chi connectivity index (χ4n) is 4.31. The number of hydrogen-bond acceptors (Lipinski definition) is 6. The molecule has 0 N–H and O–H groups in total. The van der Waals surface area contributed by atoms with Crippen molar-refractivity contribution in [2.24, 2.45) is 5.92 Å². The number of fused-ring (bicyclic) bond motifs is 1. The summed E-state index contributed by atoms with van der Waals surface area (Å²) >= 11 is 0. The Morgan fingerprint density at radius 1 is 1.08 bits per heavy atom. The maximum Gasteiger partial charge on any atom is 0.419 e. The van der Waals surface area contributed by atoms with Crippen LogP contribution in [0, 0.1) is 11.1 Å². The summed E-state index contributed by atoms with van der Waals surface area (Å²) in [5.74, 6) is 0.601. The standard InChI is InChI=1S/C30H35N3O5/c1-20(2)16-26-27(37-19-21-12-8-7-9-13-21)31-24(28(36-6)33(26)35)17-22-18-32(29(34)38-30(3,4)5)25-15-11-10-14-23(22)25/h7-15,18,20H,16-17,19H2,1-6H3. The van der Waals surface area contributed by atoms with Crippen molar-refractivity contribution in [1.82, 2.24) is 9.55 Å². The second kappa shape index (κ2) is 11.1. The molecule has 2 aromatic heterocycles. The molecule has 2 aromatic carbocycles. The third-order valence-corrected chi connectivity index (χ3v) is 5.92. The Kier molecular flexibility index (Phi) is 7.90. The molecule has 38 heavy (non-hydrogen) atoms. The van der Waals surface area contributed by atoms with Gasteiger partial charge in [-0.25, -0.2) is 9.78 Å². The number of ether oxygens (including phenoxy) is 3. The molecule has 0 saturated carbocycles. The highest BCUT2D eigenvalue weighted by Gasteiger charge is 2.28. The Balaban J connectivity index is 1.77. The van der Waals surface area contributed by atoms with Crippen LogP contribution in [0.3, 0.4) is 0 Å². The minimum Gasteiger partial charge on any atom is -0.616 e. The third kappa shape index (κ3) is 6.07. The first-order valence-electron chi connectivity index (χ1n) is 12.8. The molecule has 0 atom stereocenters. The average Bonchev–Trinajstić information content (AvgIpc) is 3.23. The molecule has 0 bridgehead atoms. The number of methoxy groups -OCH3 is 1. The summed E-state index contributed by atoms with van der Waals surface area (Å²) in [7, 11) is 1.46. The summed E-state index contributed by atoms with van der Waals surface area (Å²) in [6, 6.07) is 17.3. The van der Waals surface area contributed by atoms with Crippen LogP contribution < -0.4 is 14.2 Å². The lowest BCUT2D eigenvalue weighted by atomic mass is 10.1. The van der Waals surface area contributed by atoms with Gasteiger partial charge in [0.2, 0.25) is 0 Å². The molecule has 0 spiro atoms. The summed E-state index contributed by atoms with van der Waals surface area (Å²) in [5.41, 5.74) is 2.70. The Morgan fingerprint density at radius 3 is 2.42 bits per heavy atom. The summed E-state index contributed by atoms with van der Waals surface area (Å²) < 4.78 is 19.6. The lowest BCUT2D eigenvalue weighted by Crippen LogP contribution is -2.37. The van der Waals surface area contributed by atoms with E-state index in [4.69, 9.17) is 19.2 Å². The van der Waals surface area contributed by atoms with Crippen LogP contribution in [0.1, 0.15) is 57.1 Å². The minimum atomic E-state index is -0.640. The molecule has 0 aliphatic carbocycles. The Bertz CT molecular complexity index is 1420. The number of carbonyl (C=O) groups is 1. The van der Waals surface area contributed by atoms with E-state index in [0.717, 1.165) is 21.2 Å². The van der Waals surface area contributed by atoms with E-state index in [9.17, 15) is 10.0 Å². The van der Waals surface area contributed by atoms with Crippen LogP contribution in [0.4, 0.5) is 4.79 Å². The highest BCUT2D eigenvalue weighted by molar-refractivity contribution is 5.92. The fraction of sp³-hybridized carbons (Fsp3) is 0.367. The lowest BCUT2D eigenvalue weighted by Gasteiger charge is -2.19. The van der Waals surface area contributed by atoms with Crippen molar-refractivity contribution in [2.75, 3.05) is 7.11 Å². The van der Waals surface area contributed by atoms with E-state index >= 15 is 0 Å². The zero-order chi connectivity index (χ0) is 27.4. The molecule has 0 amide bonds. The van der Waals surface area contributed by atoms with Gasteiger partial charge in [0.25, 0.3) is 11.6 Å². The zero-order valence-corrected chi connectivity index (χ0v) is 22.9. The van der Waals surface area contributed by atoms with Gasteiger partial charge in [-0.2, -0.15) is 0 Å². The average molecular weight is 518 g/mol. The minimum absolute atomic E-state index is 0.113. The molecule has 2 heterocycles. The predicted molar refractivity (Wildman–Crippen MR) is 145 cm³/mol. The number of aromatic nitrogens is 3. The van der Waals surface area contributed by atoms with Gasteiger partial charge in [-0.15, -0.1) is 4.73 Å².